The van der Waals surface area contributed by atoms with Crippen LogP contribution in [0.5, 0.6) is 0 Å². The maximum atomic E-state index is 11.9. The van der Waals surface area contributed by atoms with Gasteiger partial charge >= 0.3 is 0 Å². The maximum Gasteiger partial charge on any atom is 0.224 e. The van der Waals surface area contributed by atoms with Crippen molar-refractivity contribution >= 4 is 5.91 Å². The molecule has 106 valence electrons. The Morgan fingerprint density at radius 2 is 2.05 bits per heavy atom. The average Bonchev–Trinajstić information content (AvgIpc) is 3.19. The molecular weight excluding hydrogens is 266 g/mol. The molecule has 0 saturated carbocycles. The highest BCUT2D eigenvalue weighted by Crippen LogP contribution is 2.09. The number of furan rings is 1. The second-order valence-electron chi connectivity index (χ2n) is 4.65. The van der Waals surface area contributed by atoms with Crippen LogP contribution in [-0.4, -0.2) is 15.7 Å². The van der Waals surface area contributed by atoms with E-state index in [1.165, 1.54) is 0 Å². The van der Waals surface area contributed by atoms with Gasteiger partial charge in [0.2, 0.25) is 5.91 Å². The minimum Gasteiger partial charge on any atom is -0.467 e. The monoisotopic (exact) mass is 281 g/mol. The zero-order valence-corrected chi connectivity index (χ0v) is 11.4. The molecule has 3 aromatic rings. The van der Waals surface area contributed by atoms with Crippen LogP contribution >= 0.6 is 0 Å². The van der Waals surface area contributed by atoms with Crippen LogP contribution in [0.25, 0.3) is 5.69 Å². The third-order valence-corrected chi connectivity index (χ3v) is 3.11. The van der Waals surface area contributed by atoms with Gasteiger partial charge < -0.3 is 9.73 Å². The predicted octanol–water partition coefficient (Wildman–Crippen LogP) is 2.32. The number of nitrogens with zero attached hydrogens (tertiary/aromatic N) is 2. The van der Waals surface area contributed by atoms with Crippen molar-refractivity contribution in [3.05, 3.63) is 72.4 Å². The largest absolute Gasteiger partial charge is 0.467 e. The van der Waals surface area contributed by atoms with Gasteiger partial charge in [-0.25, -0.2) is 4.68 Å². The van der Waals surface area contributed by atoms with Crippen molar-refractivity contribution < 1.29 is 9.21 Å². The molecule has 2 aromatic heterocycles. The lowest BCUT2D eigenvalue weighted by molar-refractivity contribution is -0.120. The van der Waals surface area contributed by atoms with Gasteiger partial charge in [-0.1, -0.05) is 12.1 Å². The fourth-order valence-electron chi connectivity index (χ4n) is 2.03. The summed E-state index contributed by atoms with van der Waals surface area (Å²) in [5.74, 6) is 0.718. The van der Waals surface area contributed by atoms with E-state index in [4.69, 9.17) is 4.42 Å². The molecule has 0 saturated heterocycles. The van der Waals surface area contributed by atoms with Crippen molar-refractivity contribution in [2.45, 2.75) is 13.0 Å². The molecular formula is C16H15N3O2. The molecule has 0 fully saturated rings. The van der Waals surface area contributed by atoms with Crippen LogP contribution in [0, 0.1) is 0 Å². The van der Waals surface area contributed by atoms with Gasteiger partial charge in [0, 0.05) is 12.4 Å². The molecule has 5 heteroatoms. The lowest BCUT2D eigenvalue weighted by Crippen LogP contribution is -2.24. The zero-order chi connectivity index (χ0) is 14.5. The van der Waals surface area contributed by atoms with E-state index in [-0.39, 0.29) is 5.91 Å². The summed E-state index contributed by atoms with van der Waals surface area (Å²) in [6.07, 6.45) is 5.55. The third-order valence-electron chi connectivity index (χ3n) is 3.11. The highest BCUT2D eigenvalue weighted by molar-refractivity contribution is 5.78. The molecule has 0 aliphatic carbocycles. The second kappa shape index (κ2) is 6.09. The first-order chi connectivity index (χ1) is 10.3. The quantitative estimate of drug-likeness (QED) is 0.780. The first kappa shape index (κ1) is 13.2. The van der Waals surface area contributed by atoms with E-state index in [1.807, 2.05) is 42.6 Å². The molecule has 0 radical (unpaired) electrons. The summed E-state index contributed by atoms with van der Waals surface area (Å²) in [5, 5.41) is 6.99. The summed E-state index contributed by atoms with van der Waals surface area (Å²) in [7, 11) is 0. The van der Waals surface area contributed by atoms with Gasteiger partial charge in [0.1, 0.15) is 5.76 Å². The van der Waals surface area contributed by atoms with Crippen LogP contribution in [0.15, 0.2) is 65.5 Å². The number of carbonyl (C=O) groups excluding carboxylic acids is 1. The zero-order valence-electron chi connectivity index (χ0n) is 11.4. The number of nitrogens with one attached hydrogen (secondary N) is 1. The van der Waals surface area contributed by atoms with E-state index in [0.717, 1.165) is 17.0 Å². The standard InChI is InChI=1S/C16H15N3O2/c20-16(17-12-15-3-1-10-21-15)11-13-4-6-14(7-5-13)19-9-2-8-18-19/h1-10H,11-12H2,(H,17,20). The van der Waals surface area contributed by atoms with Crippen molar-refractivity contribution in [2.75, 3.05) is 0 Å². The van der Waals surface area contributed by atoms with Gasteiger partial charge in [-0.15, -0.1) is 0 Å². The van der Waals surface area contributed by atoms with Crippen molar-refractivity contribution in [3.63, 3.8) is 0 Å². The number of amides is 1. The van der Waals surface area contributed by atoms with E-state index in [0.29, 0.717) is 13.0 Å². The third kappa shape index (κ3) is 3.39. The van der Waals surface area contributed by atoms with E-state index >= 15 is 0 Å². The first-order valence-electron chi connectivity index (χ1n) is 6.69. The molecule has 1 amide bonds. The maximum absolute atomic E-state index is 11.9. The molecule has 0 atom stereocenters. The van der Waals surface area contributed by atoms with Crippen LogP contribution in [0.3, 0.4) is 0 Å². The number of aromatic nitrogens is 2. The van der Waals surface area contributed by atoms with E-state index in [2.05, 4.69) is 10.4 Å². The van der Waals surface area contributed by atoms with Crippen LogP contribution in [-0.2, 0) is 17.8 Å². The van der Waals surface area contributed by atoms with E-state index in [1.54, 1.807) is 23.2 Å². The average molecular weight is 281 g/mol. The fourth-order valence-corrected chi connectivity index (χ4v) is 2.03. The normalized spacial score (nSPS) is 10.5. The summed E-state index contributed by atoms with van der Waals surface area (Å²) >= 11 is 0. The van der Waals surface area contributed by atoms with Crippen LogP contribution in [0.1, 0.15) is 11.3 Å². The second-order valence-corrected chi connectivity index (χ2v) is 4.65. The Morgan fingerprint density at radius 1 is 1.19 bits per heavy atom. The van der Waals surface area contributed by atoms with E-state index in [9.17, 15) is 4.79 Å². The first-order valence-corrected chi connectivity index (χ1v) is 6.69. The van der Waals surface area contributed by atoms with Crippen molar-refractivity contribution in [1.82, 2.24) is 15.1 Å². The molecule has 5 nitrogen and oxygen atoms in total. The summed E-state index contributed by atoms with van der Waals surface area (Å²) in [6, 6.07) is 13.3. The Hall–Kier alpha value is -2.82. The molecule has 0 aliphatic rings. The Bertz CT molecular complexity index is 686. The topological polar surface area (TPSA) is 60.1 Å². The van der Waals surface area contributed by atoms with Crippen LogP contribution in [0.4, 0.5) is 0 Å². The van der Waals surface area contributed by atoms with Gasteiger partial charge in [0.25, 0.3) is 0 Å². The molecule has 3 rings (SSSR count). The molecule has 0 unspecified atom stereocenters. The molecule has 21 heavy (non-hydrogen) atoms. The molecule has 1 aromatic carbocycles. The molecule has 1 N–H and O–H groups in total. The van der Waals surface area contributed by atoms with E-state index < -0.39 is 0 Å². The number of hydrogen-bond donors (Lipinski definition) is 1. The summed E-state index contributed by atoms with van der Waals surface area (Å²) < 4.78 is 6.95. The van der Waals surface area contributed by atoms with Crippen LogP contribution < -0.4 is 5.32 Å². The summed E-state index contributed by atoms with van der Waals surface area (Å²) in [4.78, 5) is 11.9. The smallest absolute Gasteiger partial charge is 0.224 e. The van der Waals surface area contributed by atoms with Crippen molar-refractivity contribution in [1.29, 1.82) is 0 Å². The Labute approximate surface area is 122 Å². The van der Waals surface area contributed by atoms with Gasteiger partial charge in [-0.2, -0.15) is 5.10 Å². The minimum absolute atomic E-state index is 0.0294. The molecule has 0 spiro atoms. The fraction of sp³-hybridized carbons (Fsp3) is 0.125. The lowest BCUT2D eigenvalue weighted by Gasteiger charge is -2.05. The lowest BCUT2D eigenvalue weighted by atomic mass is 10.1. The summed E-state index contributed by atoms with van der Waals surface area (Å²) in [6.45, 7) is 0.414. The van der Waals surface area contributed by atoms with Gasteiger partial charge in [0.15, 0.2) is 0 Å². The molecule has 0 aliphatic heterocycles. The molecule has 0 bridgehead atoms. The Kier molecular flexibility index (Phi) is 3.82. The predicted molar refractivity (Wildman–Crippen MR) is 77.8 cm³/mol. The van der Waals surface area contributed by atoms with Crippen molar-refractivity contribution in [2.24, 2.45) is 0 Å². The van der Waals surface area contributed by atoms with Gasteiger partial charge in [-0.05, 0) is 35.9 Å². The van der Waals surface area contributed by atoms with Gasteiger partial charge in [0.05, 0.1) is 24.9 Å². The van der Waals surface area contributed by atoms with Crippen LogP contribution in [0.2, 0.25) is 0 Å². The molecule has 2 heterocycles. The Balaban J connectivity index is 1.56. The minimum atomic E-state index is -0.0294. The van der Waals surface area contributed by atoms with Gasteiger partial charge in [-0.3, -0.25) is 4.79 Å². The SMILES string of the molecule is O=C(Cc1ccc(-n2cccn2)cc1)NCc1ccco1. The number of rotatable bonds is 5. The Morgan fingerprint density at radius 3 is 2.71 bits per heavy atom. The number of hydrogen-bond acceptors (Lipinski definition) is 3. The van der Waals surface area contributed by atoms with Crippen molar-refractivity contribution in [3.8, 4) is 5.69 Å². The highest BCUT2D eigenvalue weighted by atomic mass is 16.3. The summed E-state index contributed by atoms with van der Waals surface area (Å²) in [5.41, 5.74) is 1.93. The highest BCUT2D eigenvalue weighted by Gasteiger charge is 2.05. The number of carbonyl (C=O) groups is 1. The number of benzene rings is 1.